The van der Waals surface area contributed by atoms with Crippen LogP contribution in [0, 0.1) is 0 Å². The SMILES string of the molecule is C=CN(C)C=C.Cl. The minimum absolute atomic E-state index is 0. The molecule has 0 atom stereocenters. The first kappa shape index (κ1) is 9.76. The Kier molecular flexibility index (Phi) is 7.77. The Balaban J connectivity index is 0. The fourth-order valence-electron chi connectivity index (χ4n) is 0.0745. The van der Waals surface area contributed by atoms with Crippen LogP contribution in [-0.2, 0) is 0 Å². The van der Waals surface area contributed by atoms with Crippen LogP contribution in [0.4, 0.5) is 0 Å². The van der Waals surface area contributed by atoms with E-state index in [4.69, 9.17) is 0 Å². The largest absolute Gasteiger partial charge is 0.358 e. The minimum Gasteiger partial charge on any atom is -0.358 e. The molecule has 0 heterocycles. The summed E-state index contributed by atoms with van der Waals surface area (Å²) in [4.78, 5) is 1.78. The molecule has 0 saturated heterocycles. The lowest BCUT2D eigenvalue weighted by Gasteiger charge is -2.00. The first-order valence-electron chi connectivity index (χ1n) is 1.78. The standard InChI is InChI=1S/C5H9N.ClH/c1-4-6(3)5-2;/h4-5H,1-2H2,3H3;1H. The molecule has 0 saturated carbocycles. The minimum atomic E-state index is 0. The van der Waals surface area contributed by atoms with Gasteiger partial charge in [-0.1, -0.05) is 13.2 Å². The molecule has 0 fully saturated rings. The van der Waals surface area contributed by atoms with Crippen molar-refractivity contribution in [2.24, 2.45) is 0 Å². The van der Waals surface area contributed by atoms with Crippen molar-refractivity contribution < 1.29 is 0 Å². The molecule has 0 rings (SSSR count). The number of hydrogen-bond acceptors (Lipinski definition) is 1. The van der Waals surface area contributed by atoms with Gasteiger partial charge < -0.3 is 4.90 Å². The number of halogens is 1. The molecule has 2 heteroatoms. The summed E-state index contributed by atoms with van der Waals surface area (Å²) in [6.45, 7) is 6.97. The van der Waals surface area contributed by atoms with Crippen LogP contribution in [-0.4, -0.2) is 11.9 Å². The van der Waals surface area contributed by atoms with Gasteiger partial charge in [0.05, 0.1) is 0 Å². The topological polar surface area (TPSA) is 3.24 Å². The molecular formula is C5H10ClN. The van der Waals surface area contributed by atoms with Gasteiger partial charge in [0.15, 0.2) is 0 Å². The normalized spacial score (nSPS) is 5.86. The summed E-state index contributed by atoms with van der Waals surface area (Å²) in [5.74, 6) is 0. The lowest BCUT2D eigenvalue weighted by molar-refractivity contribution is 0.631. The van der Waals surface area contributed by atoms with Gasteiger partial charge in [-0.3, -0.25) is 0 Å². The fraction of sp³-hybridized carbons (Fsp3) is 0.200. The Morgan fingerprint density at radius 3 is 1.57 bits per heavy atom. The van der Waals surface area contributed by atoms with Crippen molar-refractivity contribution in [1.82, 2.24) is 4.90 Å². The van der Waals surface area contributed by atoms with Crippen LogP contribution in [0.25, 0.3) is 0 Å². The van der Waals surface area contributed by atoms with E-state index in [0.29, 0.717) is 0 Å². The zero-order valence-electron chi connectivity index (χ0n) is 4.42. The maximum atomic E-state index is 3.49. The summed E-state index contributed by atoms with van der Waals surface area (Å²) >= 11 is 0. The number of rotatable bonds is 2. The van der Waals surface area contributed by atoms with Gasteiger partial charge in [0.2, 0.25) is 0 Å². The Hall–Kier alpha value is -0.430. The van der Waals surface area contributed by atoms with E-state index >= 15 is 0 Å². The van der Waals surface area contributed by atoms with Crippen molar-refractivity contribution >= 4 is 12.4 Å². The Morgan fingerprint density at radius 2 is 1.57 bits per heavy atom. The van der Waals surface area contributed by atoms with E-state index in [1.165, 1.54) is 0 Å². The van der Waals surface area contributed by atoms with Crippen LogP contribution >= 0.6 is 12.4 Å². The summed E-state index contributed by atoms with van der Waals surface area (Å²) in [5, 5.41) is 0. The number of nitrogens with zero attached hydrogens (tertiary/aromatic N) is 1. The van der Waals surface area contributed by atoms with Gasteiger partial charge in [0.25, 0.3) is 0 Å². The molecule has 0 unspecified atom stereocenters. The molecule has 7 heavy (non-hydrogen) atoms. The molecule has 0 bridgehead atoms. The molecule has 0 aromatic rings. The molecule has 0 aliphatic carbocycles. The third kappa shape index (κ3) is 5.57. The average Bonchev–Trinajstić information content (AvgIpc) is 1.65. The van der Waals surface area contributed by atoms with E-state index in [9.17, 15) is 0 Å². The molecule has 0 aliphatic rings. The smallest absolute Gasteiger partial charge is 0.0106 e. The van der Waals surface area contributed by atoms with Crippen molar-refractivity contribution in [3.05, 3.63) is 25.6 Å². The van der Waals surface area contributed by atoms with Gasteiger partial charge in [-0.2, -0.15) is 0 Å². The zero-order valence-corrected chi connectivity index (χ0v) is 5.24. The second-order valence-electron chi connectivity index (χ2n) is 1.03. The summed E-state index contributed by atoms with van der Waals surface area (Å²) in [5.41, 5.74) is 0. The lowest BCUT2D eigenvalue weighted by Crippen LogP contribution is -1.96. The maximum absolute atomic E-state index is 3.49. The predicted molar refractivity (Wildman–Crippen MR) is 35.4 cm³/mol. The van der Waals surface area contributed by atoms with Crippen LogP contribution in [0.5, 0.6) is 0 Å². The zero-order chi connectivity index (χ0) is 4.99. The van der Waals surface area contributed by atoms with Gasteiger partial charge in [-0.25, -0.2) is 0 Å². The molecule has 42 valence electrons. The molecular weight excluding hydrogens is 110 g/mol. The van der Waals surface area contributed by atoms with Gasteiger partial charge in [-0.05, 0) is 12.4 Å². The van der Waals surface area contributed by atoms with Crippen molar-refractivity contribution in [2.45, 2.75) is 0 Å². The van der Waals surface area contributed by atoms with E-state index in [0.717, 1.165) is 0 Å². The summed E-state index contributed by atoms with van der Waals surface area (Å²) in [6.07, 6.45) is 3.38. The summed E-state index contributed by atoms with van der Waals surface area (Å²) in [6, 6.07) is 0. The molecule has 1 nitrogen and oxygen atoms in total. The maximum Gasteiger partial charge on any atom is 0.0106 e. The molecule has 0 spiro atoms. The molecule has 0 radical (unpaired) electrons. The highest BCUT2D eigenvalue weighted by Gasteiger charge is 1.68. The third-order valence-corrected chi connectivity index (χ3v) is 0.576. The second-order valence-corrected chi connectivity index (χ2v) is 1.03. The van der Waals surface area contributed by atoms with Crippen LogP contribution in [0.3, 0.4) is 0 Å². The second kappa shape index (κ2) is 5.57. The van der Waals surface area contributed by atoms with Crippen molar-refractivity contribution in [3.8, 4) is 0 Å². The van der Waals surface area contributed by atoms with E-state index in [2.05, 4.69) is 13.2 Å². The van der Waals surface area contributed by atoms with Crippen LogP contribution in [0.2, 0.25) is 0 Å². The Bertz CT molecular complexity index is 53.1. The highest BCUT2D eigenvalue weighted by atomic mass is 35.5. The van der Waals surface area contributed by atoms with Crippen LogP contribution < -0.4 is 0 Å². The first-order chi connectivity index (χ1) is 2.81. The summed E-state index contributed by atoms with van der Waals surface area (Å²) < 4.78 is 0. The molecule has 0 aromatic carbocycles. The molecule has 0 aromatic heterocycles. The van der Waals surface area contributed by atoms with Crippen LogP contribution in [0.15, 0.2) is 25.6 Å². The van der Waals surface area contributed by atoms with Gasteiger partial charge in [-0.15, -0.1) is 12.4 Å². The highest BCUT2D eigenvalue weighted by molar-refractivity contribution is 5.85. The van der Waals surface area contributed by atoms with E-state index in [1.54, 1.807) is 17.3 Å². The van der Waals surface area contributed by atoms with Gasteiger partial charge in [0.1, 0.15) is 0 Å². The van der Waals surface area contributed by atoms with Gasteiger partial charge >= 0.3 is 0 Å². The van der Waals surface area contributed by atoms with Crippen molar-refractivity contribution in [1.29, 1.82) is 0 Å². The van der Waals surface area contributed by atoms with E-state index in [-0.39, 0.29) is 12.4 Å². The molecule has 0 aliphatic heterocycles. The Morgan fingerprint density at radius 1 is 1.29 bits per heavy atom. The van der Waals surface area contributed by atoms with Gasteiger partial charge in [0, 0.05) is 7.05 Å². The lowest BCUT2D eigenvalue weighted by atomic mass is 10.8. The Labute approximate surface area is 50.7 Å². The monoisotopic (exact) mass is 119 g/mol. The first-order valence-corrected chi connectivity index (χ1v) is 1.78. The van der Waals surface area contributed by atoms with Crippen LogP contribution in [0.1, 0.15) is 0 Å². The van der Waals surface area contributed by atoms with E-state index in [1.807, 2.05) is 7.05 Å². The highest BCUT2D eigenvalue weighted by Crippen LogP contribution is 1.75. The average molecular weight is 120 g/mol. The quantitative estimate of drug-likeness (QED) is 0.534. The predicted octanol–water partition coefficient (Wildman–Crippen LogP) is 1.63. The van der Waals surface area contributed by atoms with Crippen molar-refractivity contribution in [3.63, 3.8) is 0 Å². The van der Waals surface area contributed by atoms with Crippen molar-refractivity contribution in [2.75, 3.05) is 7.05 Å². The summed E-state index contributed by atoms with van der Waals surface area (Å²) in [7, 11) is 1.88. The third-order valence-electron chi connectivity index (χ3n) is 0.576. The molecule has 0 amide bonds. The fourth-order valence-corrected chi connectivity index (χ4v) is 0.0745. The number of hydrogen-bond donors (Lipinski definition) is 0. The molecule has 0 N–H and O–H groups in total. The van der Waals surface area contributed by atoms with E-state index < -0.39 is 0 Å².